The molecule has 0 aromatic heterocycles. The lowest BCUT2D eigenvalue weighted by molar-refractivity contribution is 0.0780. The van der Waals surface area contributed by atoms with Gasteiger partial charge < -0.3 is 15.0 Å². The number of carbonyl (C=O) groups excluding carboxylic acids is 1. The number of nitrogens with one attached hydrogen (secondary N) is 1. The molecule has 1 saturated heterocycles. The van der Waals surface area contributed by atoms with Gasteiger partial charge >= 0.3 is 6.09 Å². The van der Waals surface area contributed by atoms with E-state index < -0.39 is 0 Å². The third kappa shape index (κ3) is 4.73. The van der Waals surface area contributed by atoms with Crippen molar-refractivity contribution < 1.29 is 9.53 Å². The smallest absolute Gasteiger partial charge is 0.410 e. The summed E-state index contributed by atoms with van der Waals surface area (Å²) >= 11 is 0. The standard InChI is InChI=1S/C18H26N2O2/c21-18(22-14-16-5-2-1-3-6-16)20-12-4-7-15(13-20)10-11-19-17-8-9-17/h1-3,5-6,15,17,19H,4,7-14H2/t15-/m0/s1. The van der Waals surface area contributed by atoms with Crippen molar-refractivity contribution >= 4 is 6.09 Å². The van der Waals surface area contributed by atoms with E-state index in [0.29, 0.717) is 12.5 Å². The number of amides is 1. The Labute approximate surface area is 132 Å². The second kappa shape index (κ2) is 7.63. The van der Waals surface area contributed by atoms with E-state index in [-0.39, 0.29) is 6.09 Å². The first-order valence-electron chi connectivity index (χ1n) is 8.50. The molecule has 1 saturated carbocycles. The van der Waals surface area contributed by atoms with Crippen LogP contribution in [0.1, 0.15) is 37.7 Å². The van der Waals surface area contributed by atoms with Crippen LogP contribution in [-0.2, 0) is 11.3 Å². The van der Waals surface area contributed by atoms with Gasteiger partial charge in [0.05, 0.1) is 0 Å². The van der Waals surface area contributed by atoms with Crippen LogP contribution in [0.4, 0.5) is 4.79 Å². The van der Waals surface area contributed by atoms with Crippen LogP contribution in [0.25, 0.3) is 0 Å². The van der Waals surface area contributed by atoms with Crippen LogP contribution >= 0.6 is 0 Å². The molecule has 0 radical (unpaired) electrons. The summed E-state index contributed by atoms with van der Waals surface area (Å²) in [6.45, 7) is 3.13. The van der Waals surface area contributed by atoms with Crippen molar-refractivity contribution in [1.29, 1.82) is 0 Å². The maximum absolute atomic E-state index is 12.2. The summed E-state index contributed by atoms with van der Waals surface area (Å²) in [5, 5.41) is 3.56. The van der Waals surface area contributed by atoms with Crippen molar-refractivity contribution in [3.8, 4) is 0 Å². The zero-order valence-corrected chi connectivity index (χ0v) is 13.2. The predicted molar refractivity (Wildman–Crippen MR) is 86.6 cm³/mol. The SMILES string of the molecule is O=C(OCc1ccccc1)N1CCC[C@@H](CCNC2CC2)C1. The molecule has 4 nitrogen and oxygen atoms in total. The fraction of sp³-hybridized carbons (Fsp3) is 0.611. The van der Waals surface area contributed by atoms with Crippen molar-refractivity contribution in [1.82, 2.24) is 10.2 Å². The Balaban J connectivity index is 1.39. The van der Waals surface area contributed by atoms with Crippen molar-refractivity contribution in [3.05, 3.63) is 35.9 Å². The number of hydrogen-bond donors (Lipinski definition) is 1. The van der Waals surface area contributed by atoms with Crippen molar-refractivity contribution in [2.24, 2.45) is 5.92 Å². The Morgan fingerprint density at radius 3 is 2.82 bits per heavy atom. The topological polar surface area (TPSA) is 41.6 Å². The summed E-state index contributed by atoms with van der Waals surface area (Å²) in [6, 6.07) is 10.6. The monoisotopic (exact) mass is 302 g/mol. The van der Waals surface area contributed by atoms with Gasteiger partial charge in [-0.25, -0.2) is 4.79 Å². The normalized spacial score (nSPS) is 21.6. The number of ether oxygens (including phenoxy) is 1. The quantitative estimate of drug-likeness (QED) is 0.877. The molecule has 22 heavy (non-hydrogen) atoms. The maximum atomic E-state index is 12.2. The fourth-order valence-electron chi connectivity index (χ4n) is 3.06. The highest BCUT2D eigenvalue weighted by molar-refractivity contribution is 5.67. The van der Waals surface area contributed by atoms with Gasteiger partial charge in [-0.3, -0.25) is 0 Å². The predicted octanol–water partition coefficient (Wildman–Crippen LogP) is 3.18. The summed E-state index contributed by atoms with van der Waals surface area (Å²) in [5.74, 6) is 0.615. The van der Waals surface area contributed by atoms with E-state index in [9.17, 15) is 4.79 Å². The minimum atomic E-state index is -0.163. The van der Waals surface area contributed by atoms with Gasteiger partial charge in [-0.15, -0.1) is 0 Å². The molecule has 1 aliphatic heterocycles. The van der Waals surface area contributed by atoms with E-state index in [0.717, 1.165) is 37.7 Å². The van der Waals surface area contributed by atoms with Gasteiger partial charge in [-0.1, -0.05) is 30.3 Å². The molecule has 0 unspecified atom stereocenters. The average molecular weight is 302 g/mol. The molecule has 0 spiro atoms. The van der Waals surface area contributed by atoms with Crippen LogP contribution < -0.4 is 5.32 Å². The van der Waals surface area contributed by atoms with Gasteiger partial charge in [0.25, 0.3) is 0 Å². The molecule has 120 valence electrons. The molecule has 1 aromatic rings. The van der Waals surface area contributed by atoms with Crippen LogP contribution in [0.3, 0.4) is 0 Å². The Morgan fingerprint density at radius 1 is 1.23 bits per heavy atom. The van der Waals surface area contributed by atoms with Crippen LogP contribution in [0.2, 0.25) is 0 Å². The zero-order chi connectivity index (χ0) is 15.2. The molecule has 4 heteroatoms. The van der Waals surface area contributed by atoms with Gasteiger partial charge in [-0.05, 0) is 50.1 Å². The van der Waals surface area contributed by atoms with Crippen molar-refractivity contribution in [2.75, 3.05) is 19.6 Å². The summed E-state index contributed by atoms with van der Waals surface area (Å²) in [4.78, 5) is 14.1. The first-order valence-corrected chi connectivity index (χ1v) is 8.50. The lowest BCUT2D eigenvalue weighted by atomic mass is 9.95. The minimum absolute atomic E-state index is 0.163. The summed E-state index contributed by atoms with van der Waals surface area (Å²) in [6.07, 6.45) is 6.00. The van der Waals surface area contributed by atoms with E-state index in [1.165, 1.54) is 25.7 Å². The second-order valence-corrected chi connectivity index (χ2v) is 6.51. The second-order valence-electron chi connectivity index (χ2n) is 6.51. The van der Waals surface area contributed by atoms with Gasteiger partial charge in [0, 0.05) is 19.1 Å². The Morgan fingerprint density at radius 2 is 2.05 bits per heavy atom. The number of rotatable bonds is 6. The highest BCUT2D eigenvalue weighted by Crippen LogP contribution is 2.22. The molecular weight excluding hydrogens is 276 g/mol. The van der Waals surface area contributed by atoms with E-state index in [1.54, 1.807) is 0 Å². The molecule has 2 aliphatic rings. The third-order valence-electron chi connectivity index (χ3n) is 4.55. The molecule has 1 aliphatic carbocycles. The molecule has 1 N–H and O–H groups in total. The Bertz CT molecular complexity index is 473. The lowest BCUT2D eigenvalue weighted by Crippen LogP contribution is -2.41. The minimum Gasteiger partial charge on any atom is -0.445 e. The van der Waals surface area contributed by atoms with Gasteiger partial charge in [0.1, 0.15) is 6.61 Å². The Hall–Kier alpha value is -1.55. The first-order chi connectivity index (χ1) is 10.8. The van der Waals surface area contributed by atoms with Gasteiger partial charge in [0.2, 0.25) is 0 Å². The molecule has 1 atom stereocenters. The Kier molecular flexibility index (Phi) is 5.33. The summed E-state index contributed by atoms with van der Waals surface area (Å²) in [7, 11) is 0. The highest BCUT2D eigenvalue weighted by Gasteiger charge is 2.25. The van der Waals surface area contributed by atoms with E-state index in [1.807, 2.05) is 35.2 Å². The maximum Gasteiger partial charge on any atom is 0.410 e. The number of likely N-dealkylation sites (tertiary alicyclic amines) is 1. The molecule has 1 aromatic carbocycles. The van der Waals surface area contributed by atoms with Crippen molar-refractivity contribution in [2.45, 2.75) is 44.8 Å². The number of nitrogens with zero attached hydrogens (tertiary/aromatic N) is 1. The fourth-order valence-corrected chi connectivity index (χ4v) is 3.06. The van der Waals surface area contributed by atoms with Gasteiger partial charge in [0.15, 0.2) is 0 Å². The zero-order valence-electron chi connectivity index (χ0n) is 13.2. The molecule has 0 bridgehead atoms. The number of carbonyl (C=O) groups is 1. The van der Waals surface area contributed by atoms with Crippen LogP contribution in [0.5, 0.6) is 0 Å². The first kappa shape index (κ1) is 15.3. The van der Waals surface area contributed by atoms with E-state index in [2.05, 4.69) is 5.32 Å². The number of benzene rings is 1. The van der Waals surface area contributed by atoms with Crippen LogP contribution in [-0.4, -0.2) is 36.7 Å². The molecule has 3 rings (SSSR count). The largest absolute Gasteiger partial charge is 0.445 e. The molecule has 2 fully saturated rings. The molecule has 1 heterocycles. The number of hydrogen-bond acceptors (Lipinski definition) is 3. The third-order valence-corrected chi connectivity index (χ3v) is 4.55. The summed E-state index contributed by atoms with van der Waals surface area (Å²) in [5.41, 5.74) is 1.04. The average Bonchev–Trinajstić information content (AvgIpc) is 3.38. The molecule has 1 amide bonds. The van der Waals surface area contributed by atoms with Crippen LogP contribution in [0, 0.1) is 5.92 Å². The summed E-state index contributed by atoms with van der Waals surface area (Å²) < 4.78 is 5.44. The van der Waals surface area contributed by atoms with E-state index in [4.69, 9.17) is 4.74 Å². The van der Waals surface area contributed by atoms with Crippen LogP contribution in [0.15, 0.2) is 30.3 Å². The van der Waals surface area contributed by atoms with Crippen molar-refractivity contribution in [3.63, 3.8) is 0 Å². The van der Waals surface area contributed by atoms with Gasteiger partial charge in [-0.2, -0.15) is 0 Å². The lowest BCUT2D eigenvalue weighted by Gasteiger charge is -2.32. The number of piperidine rings is 1. The molecular formula is C18H26N2O2. The highest BCUT2D eigenvalue weighted by atomic mass is 16.6. The van der Waals surface area contributed by atoms with E-state index >= 15 is 0 Å².